The van der Waals surface area contributed by atoms with Crippen molar-refractivity contribution in [2.24, 2.45) is 5.73 Å². The smallest absolute Gasteiger partial charge is 0.129 e. The number of hydrogen-bond donors (Lipinski definition) is 1. The molecule has 0 amide bonds. The molecule has 1 aromatic carbocycles. The molecule has 1 atom stereocenters. The van der Waals surface area contributed by atoms with Gasteiger partial charge in [-0.05, 0) is 19.1 Å². The van der Waals surface area contributed by atoms with Crippen molar-refractivity contribution in [2.75, 3.05) is 0 Å². The minimum atomic E-state index is -0.340. The third-order valence-electron chi connectivity index (χ3n) is 1.45. The van der Waals surface area contributed by atoms with Crippen LogP contribution in [0.2, 0.25) is 5.02 Å². The third-order valence-corrected chi connectivity index (χ3v) is 1.69. The first-order valence-corrected chi connectivity index (χ1v) is 3.69. The van der Waals surface area contributed by atoms with Gasteiger partial charge in [-0.15, -0.1) is 0 Å². The van der Waals surface area contributed by atoms with Gasteiger partial charge in [0.2, 0.25) is 0 Å². The molecule has 11 heavy (non-hydrogen) atoms. The Morgan fingerprint density at radius 1 is 1.55 bits per heavy atom. The summed E-state index contributed by atoms with van der Waals surface area (Å²) in [5, 5.41) is 0.395. The van der Waals surface area contributed by atoms with Gasteiger partial charge in [-0.1, -0.05) is 17.7 Å². The summed E-state index contributed by atoms with van der Waals surface area (Å²) >= 11 is 5.54. The average Bonchev–Trinajstić information content (AvgIpc) is 1.85. The fraction of sp³-hybridized carbons (Fsp3) is 0.250. The van der Waals surface area contributed by atoms with E-state index in [-0.39, 0.29) is 11.9 Å². The van der Waals surface area contributed by atoms with Crippen molar-refractivity contribution >= 4 is 11.6 Å². The molecule has 1 aromatic rings. The standard InChI is InChI=1S/C8H9ClFN/c1-5(11)7-3-2-6(9)4-8(7)10/h2-5H,11H2,1H3/t5-/m1/s1/i1+1. The molecular formula is C8H9ClFN. The van der Waals surface area contributed by atoms with Crippen LogP contribution < -0.4 is 5.73 Å². The van der Waals surface area contributed by atoms with E-state index in [0.29, 0.717) is 10.6 Å². The molecule has 0 aliphatic carbocycles. The minimum Gasteiger partial charge on any atom is -0.324 e. The van der Waals surface area contributed by atoms with Crippen molar-refractivity contribution in [3.63, 3.8) is 0 Å². The van der Waals surface area contributed by atoms with Gasteiger partial charge < -0.3 is 5.73 Å². The maximum absolute atomic E-state index is 12.9. The fourth-order valence-corrected chi connectivity index (χ4v) is 1.03. The maximum Gasteiger partial charge on any atom is 0.129 e. The van der Waals surface area contributed by atoms with Gasteiger partial charge in [0.15, 0.2) is 0 Å². The van der Waals surface area contributed by atoms with E-state index >= 15 is 0 Å². The van der Waals surface area contributed by atoms with Crippen LogP contribution in [0, 0.1) is 5.82 Å². The number of hydrogen-bond acceptors (Lipinski definition) is 1. The predicted molar refractivity (Wildman–Crippen MR) is 44.0 cm³/mol. The van der Waals surface area contributed by atoms with Crippen molar-refractivity contribution in [3.05, 3.63) is 34.6 Å². The SMILES string of the molecule is [13CH3][C@@H](N)c1ccc(Cl)cc1F. The second kappa shape index (κ2) is 3.20. The Morgan fingerprint density at radius 2 is 2.18 bits per heavy atom. The second-order valence-corrected chi connectivity index (χ2v) is 2.89. The van der Waals surface area contributed by atoms with E-state index in [0.717, 1.165) is 0 Å². The highest BCUT2D eigenvalue weighted by atomic mass is 35.5. The molecule has 3 heteroatoms. The van der Waals surface area contributed by atoms with Crippen LogP contribution in [-0.2, 0) is 0 Å². The van der Waals surface area contributed by atoms with Gasteiger partial charge in [0, 0.05) is 16.6 Å². The van der Waals surface area contributed by atoms with E-state index in [1.807, 2.05) is 0 Å². The quantitative estimate of drug-likeness (QED) is 0.651. The molecule has 2 N–H and O–H groups in total. The lowest BCUT2D eigenvalue weighted by atomic mass is 10.1. The monoisotopic (exact) mass is 174 g/mol. The molecule has 1 rings (SSSR count). The number of benzene rings is 1. The Labute approximate surface area is 70.0 Å². The molecule has 0 fully saturated rings. The van der Waals surface area contributed by atoms with Crippen molar-refractivity contribution < 1.29 is 4.39 Å². The second-order valence-electron chi connectivity index (χ2n) is 2.45. The summed E-state index contributed by atoms with van der Waals surface area (Å²) in [5.41, 5.74) is 5.98. The fourth-order valence-electron chi connectivity index (χ4n) is 0.871. The van der Waals surface area contributed by atoms with Crippen LogP contribution in [0.25, 0.3) is 0 Å². The zero-order valence-corrected chi connectivity index (χ0v) is 6.90. The molecule has 0 spiro atoms. The molecule has 1 nitrogen and oxygen atoms in total. The van der Waals surface area contributed by atoms with E-state index in [4.69, 9.17) is 17.3 Å². The van der Waals surface area contributed by atoms with Crippen LogP contribution >= 0.6 is 11.6 Å². The van der Waals surface area contributed by atoms with E-state index in [9.17, 15) is 4.39 Å². The summed E-state index contributed by atoms with van der Waals surface area (Å²) in [6, 6.07) is 4.21. The van der Waals surface area contributed by atoms with Crippen LogP contribution in [0.3, 0.4) is 0 Å². The van der Waals surface area contributed by atoms with Crippen molar-refractivity contribution in [1.82, 2.24) is 0 Å². The first kappa shape index (κ1) is 8.50. The van der Waals surface area contributed by atoms with Crippen LogP contribution in [0.15, 0.2) is 18.2 Å². The lowest BCUT2D eigenvalue weighted by Gasteiger charge is -2.05. The third kappa shape index (κ3) is 1.91. The first-order valence-electron chi connectivity index (χ1n) is 3.32. The summed E-state index contributed by atoms with van der Waals surface area (Å²) in [7, 11) is 0. The van der Waals surface area contributed by atoms with Gasteiger partial charge in [-0.2, -0.15) is 0 Å². The zero-order valence-electron chi connectivity index (χ0n) is 6.14. The Bertz CT molecular complexity index is 260. The van der Waals surface area contributed by atoms with Gasteiger partial charge in [0.25, 0.3) is 0 Å². The Kier molecular flexibility index (Phi) is 2.47. The van der Waals surface area contributed by atoms with Crippen molar-refractivity contribution in [1.29, 1.82) is 0 Å². The molecule has 0 aliphatic heterocycles. The molecule has 0 saturated heterocycles. The summed E-state index contributed by atoms with van der Waals surface area (Å²) in [6.45, 7) is 1.73. The Hall–Kier alpha value is -0.600. The van der Waals surface area contributed by atoms with Crippen LogP contribution in [0.1, 0.15) is 18.5 Å². The van der Waals surface area contributed by atoms with Crippen LogP contribution in [0.5, 0.6) is 0 Å². The topological polar surface area (TPSA) is 26.0 Å². The largest absolute Gasteiger partial charge is 0.324 e. The van der Waals surface area contributed by atoms with Gasteiger partial charge in [-0.25, -0.2) is 4.39 Å². The average molecular weight is 175 g/mol. The highest BCUT2D eigenvalue weighted by molar-refractivity contribution is 6.30. The van der Waals surface area contributed by atoms with E-state index in [1.54, 1.807) is 19.1 Å². The van der Waals surface area contributed by atoms with Gasteiger partial charge in [0.05, 0.1) is 0 Å². The molecule has 0 bridgehead atoms. The van der Waals surface area contributed by atoms with Crippen molar-refractivity contribution in [3.8, 4) is 0 Å². The highest BCUT2D eigenvalue weighted by Crippen LogP contribution is 2.18. The van der Waals surface area contributed by atoms with Crippen molar-refractivity contribution in [2.45, 2.75) is 13.0 Å². The lowest BCUT2D eigenvalue weighted by molar-refractivity contribution is 0.594. The van der Waals surface area contributed by atoms with Gasteiger partial charge in [-0.3, -0.25) is 0 Å². The summed E-state index contributed by atoms with van der Waals surface area (Å²) < 4.78 is 12.9. The number of nitrogens with two attached hydrogens (primary N) is 1. The lowest BCUT2D eigenvalue weighted by Crippen LogP contribution is -2.06. The molecule has 0 saturated carbocycles. The minimum absolute atomic E-state index is 0.285. The normalized spacial score (nSPS) is 13.1. The van der Waals surface area contributed by atoms with E-state index in [2.05, 4.69) is 0 Å². The van der Waals surface area contributed by atoms with Gasteiger partial charge >= 0.3 is 0 Å². The highest BCUT2D eigenvalue weighted by Gasteiger charge is 2.05. The molecule has 0 aromatic heterocycles. The molecule has 0 radical (unpaired) electrons. The molecule has 0 aliphatic rings. The molecule has 60 valence electrons. The first-order chi connectivity index (χ1) is 5.11. The van der Waals surface area contributed by atoms with E-state index in [1.165, 1.54) is 6.07 Å². The van der Waals surface area contributed by atoms with Crippen LogP contribution in [-0.4, -0.2) is 0 Å². The summed E-state index contributed by atoms with van der Waals surface area (Å²) in [5.74, 6) is -0.340. The van der Waals surface area contributed by atoms with Crippen LogP contribution in [0.4, 0.5) is 4.39 Å². The van der Waals surface area contributed by atoms with Gasteiger partial charge in [0.1, 0.15) is 5.82 Å². The Morgan fingerprint density at radius 3 is 2.64 bits per heavy atom. The number of rotatable bonds is 1. The predicted octanol–water partition coefficient (Wildman–Crippen LogP) is 2.50. The summed E-state index contributed by atoms with van der Waals surface area (Å²) in [4.78, 5) is 0. The maximum atomic E-state index is 12.9. The summed E-state index contributed by atoms with van der Waals surface area (Å²) in [6.07, 6.45) is 0. The molecule has 0 unspecified atom stereocenters. The molecule has 0 heterocycles. The molecular weight excluding hydrogens is 166 g/mol. The zero-order chi connectivity index (χ0) is 8.43. The number of halogens is 2. The Balaban J connectivity index is 3.09. The van der Waals surface area contributed by atoms with E-state index < -0.39 is 0 Å².